The third kappa shape index (κ3) is 2.36. The molecule has 1 aliphatic carbocycles. The molecule has 3 heterocycles. The van der Waals surface area contributed by atoms with Crippen molar-refractivity contribution >= 4 is 10.8 Å². The molecule has 3 aliphatic rings. The van der Waals surface area contributed by atoms with Crippen LogP contribution in [0.3, 0.4) is 0 Å². The summed E-state index contributed by atoms with van der Waals surface area (Å²) in [6, 6.07) is 8.79. The van der Waals surface area contributed by atoms with Crippen LogP contribution in [-0.2, 0) is 6.54 Å². The highest BCUT2D eigenvalue weighted by atomic mass is 15.1. The first-order chi connectivity index (χ1) is 10.2. The van der Waals surface area contributed by atoms with Crippen molar-refractivity contribution in [2.45, 2.75) is 39.2 Å². The van der Waals surface area contributed by atoms with E-state index in [0.29, 0.717) is 5.92 Å². The van der Waals surface area contributed by atoms with Crippen LogP contribution >= 0.6 is 0 Å². The number of hydrogen-bond donors (Lipinski definition) is 0. The van der Waals surface area contributed by atoms with Gasteiger partial charge in [0.2, 0.25) is 0 Å². The average Bonchev–Trinajstić information content (AvgIpc) is 2.46. The van der Waals surface area contributed by atoms with E-state index in [4.69, 9.17) is 4.98 Å². The molecular formula is C19H24N2. The number of aromatic nitrogens is 1. The molecule has 2 aromatic rings. The number of benzene rings is 1. The third-order valence-electron chi connectivity index (χ3n) is 5.22. The van der Waals surface area contributed by atoms with Crippen LogP contribution in [0, 0.1) is 11.8 Å². The van der Waals surface area contributed by atoms with Crippen molar-refractivity contribution in [1.29, 1.82) is 0 Å². The van der Waals surface area contributed by atoms with Gasteiger partial charge in [0.1, 0.15) is 0 Å². The standard InChI is InChI=1S/C19H24N2/c1-13(2)19-18-6-4-3-5-17(18)16(9-20-19)12-21-10-14-7-15(8-14)11-21/h3-6,9,13-15H,7-8,10-12H2,1-2H3. The lowest BCUT2D eigenvalue weighted by Gasteiger charge is -2.47. The minimum atomic E-state index is 0.478. The van der Waals surface area contributed by atoms with E-state index in [1.807, 2.05) is 0 Å². The van der Waals surface area contributed by atoms with E-state index in [2.05, 4.69) is 49.2 Å². The fourth-order valence-electron chi connectivity index (χ4n) is 4.21. The van der Waals surface area contributed by atoms with Crippen LogP contribution < -0.4 is 0 Å². The van der Waals surface area contributed by atoms with Gasteiger partial charge in [-0.1, -0.05) is 38.1 Å². The van der Waals surface area contributed by atoms with Gasteiger partial charge in [-0.25, -0.2) is 0 Å². The van der Waals surface area contributed by atoms with Gasteiger partial charge in [-0.2, -0.15) is 0 Å². The predicted molar refractivity (Wildman–Crippen MR) is 87.3 cm³/mol. The summed E-state index contributed by atoms with van der Waals surface area (Å²) < 4.78 is 0. The van der Waals surface area contributed by atoms with Crippen LogP contribution in [0.2, 0.25) is 0 Å². The van der Waals surface area contributed by atoms with Gasteiger partial charge in [0, 0.05) is 31.2 Å². The first kappa shape index (κ1) is 13.3. The van der Waals surface area contributed by atoms with Crippen LogP contribution in [-0.4, -0.2) is 23.0 Å². The molecule has 2 saturated heterocycles. The SMILES string of the molecule is CC(C)c1ncc(CN2CC3CC(C3)C2)c2ccccc12. The summed E-state index contributed by atoms with van der Waals surface area (Å²) in [6.45, 7) is 8.10. The van der Waals surface area contributed by atoms with Crippen molar-refractivity contribution in [2.24, 2.45) is 11.8 Å². The Morgan fingerprint density at radius 2 is 1.76 bits per heavy atom. The molecule has 1 saturated carbocycles. The molecule has 0 unspecified atom stereocenters. The lowest BCUT2D eigenvalue weighted by molar-refractivity contribution is 0.0230. The van der Waals surface area contributed by atoms with Crippen molar-refractivity contribution in [2.75, 3.05) is 13.1 Å². The number of fused-ring (bicyclic) bond motifs is 3. The summed E-state index contributed by atoms with van der Waals surface area (Å²) in [5.74, 6) is 2.42. The topological polar surface area (TPSA) is 16.1 Å². The fourth-order valence-corrected chi connectivity index (χ4v) is 4.21. The Morgan fingerprint density at radius 3 is 2.43 bits per heavy atom. The molecule has 110 valence electrons. The number of hydrogen-bond acceptors (Lipinski definition) is 2. The van der Waals surface area contributed by atoms with E-state index in [9.17, 15) is 0 Å². The maximum absolute atomic E-state index is 4.78. The molecule has 2 nitrogen and oxygen atoms in total. The van der Waals surface area contributed by atoms with E-state index < -0.39 is 0 Å². The minimum absolute atomic E-state index is 0.478. The van der Waals surface area contributed by atoms with E-state index >= 15 is 0 Å². The Bertz CT molecular complexity index is 646. The second-order valence-electron chi connectivity index (χ2n) is 7.27. The largest absolute Gasteiger partial charge is 0.298 e. The fraction of sp³-hybridized carbons (Fsp3) is 0.526. The van der Waals surface area contributed by atoms with Gasteiger partial charge < -0.3 is 0 Å². The molecule has 0 radical (unpaired) electrons. The molecule has 3 fully saturated rings. The smallest absolute Gasteiger partial charge is 0.0507 e. The van der Waals surface area contributed by atoms with Crippen LogP contribution in [0.25, 0.3) is 10.8 Å². The molecule has 21 heavy (non-hydrogen) atoms. The molecule has 1 aromatic heterocycles. The Labute approximate surface area is 127 Å². The van der Waals surface area contributed by atoms with Gasteiger partial charge in [-0.05, 0) is 41.5 Å². The van der Waals surface area contributed by atoms with E-state index in [0.717, 1.165) is 18.4 Å². The minimum Gasteiger partial charge on any atom is -0.298 e. The highest BCUT2D eigenvalue weighted by Gasteiger charge is 2.36. The third-order valence-corrected chi connectivity index (χ3v) is 5.22. The second-order valence-corrected chi connectivity index (χ2v) is 7.27. The second kappa shape index (κ2) is 5.10. The zero-order valence-corrected chi connectivity index (χ0v) is 13.0. The summed E-state index contributed by atoms with van der Waals surface area (Å²) >= 11 is 0. The quantitative estimate of drug-likeness (QED) is 0.837. The molecule has 0 spiro atoms. The first-order valence-electron chi connectivity index (χ1n) is 8.29. The van der Waals surface area contributed by atoms with Crippen LogP contribution in [0.5, 0.6) is 0 Å². The zero-order valence-electron chi connectivity index (χ0n) is 13.0. The molecule has 1 aromatic carbocycles. The van der Waals surface area contributed by atoms with Gasteiger partial charge >= 0.3 is 0 Å². The summed E-state index contributed by atoms with van der Waals surface area (Å²) in [4.78, 5) is 7.42. The first-order valence-corrected chi connectivity index (χ1v) is 8.29. The Hall–Kier alpha value is -1.41. The van der Waals surface area contributed by atoms with Crippen molar-refractivity contribution in [1.82, 2.24) is 9.88 Å². The molecule has 0 amide bonds. The van der Waals surface area contributed by atoms with Gasteiger partial charge in [0.15, 0.2) is 0 Å². The van der Waals surface area contributed by atoms with E-state index in [1.54, 1.807) is 0 Å². The summed E-state index contributed by atoms with van der Waals surface area (Å²) in [7, 11) is 0. The maximum atomic E-state index is 4.78. The summed E-state index contributed by atoms with van der Waals surface area (Å²) in [5, 5.41) is 2.74. The number of piperidine rings is 2. The molecule has 2 bridgehead atoms. The molecule has 0 atom stereocenters. The lowest BCUT2D eigenvalue weighted by Crippen LogP contribution is -2.48. The number of nitrogens with zero attached hydrogens (tertiary/aromatic N) is 2. The van der Waals surface area contributed by atoms with Crippen LogP contribution in [0.4, 0.5) is 0 Å². The average molecular weight is 280 g/mol. The molecular weight excluding hydrogens is 256 g/mol. The highest BCUT2D eigenvalue weighted by Crippen LogP contribution is 2.40. The van der Waals surface area contributed by atoms with Crippen molar-refractivity contribution in [3.8, 4) is 0 Å². The summed E-state index contributed by atoms with van der Waals surface area (Å²) in [5.41, 5.74) is 2.63. The Balaban J connectivity index is 1.67. The van der Waals surface area contributed by atoms with E-state index in [1.165, 1.54) is 48.0 Å². The van der Waals surface area contributed by atoms with Crippen molar-refractivity contribution in [3.63, 3.8) is 0 Å². The molecule has 2 heteroatoms. The van der Waals surface area contributed by atoms with Gasteiger partial charge in [-0.15, -0.1) is 0 Å². The van der Waals surface area contributed by atoms with Crippen molar-refractivity contribution in [3.05, 3.63) is 41.7 Å². The zero-order chi connectivity index (χ0) is 14.4. The highest BCUT2D eigenvalue weighted by molar-refractivity contribution is 5.87. The molecule has 0 N–H and O–H groups in total. The predicted octanol–water partition coefficient (Wildman–Crippen LogP) is 4.20. The van der Waals surface area contributed by atoms with E-state index in [-0.39, 0.29) is 0 Å². The van der Waals surface area contributed by atoms with Gasteiger partial charge in [-0.3, -0.25) is 9.88 Å². The van der Waals surface area contributed by atoms with Gasteiger partial charge in [0.25, 0.3) is 0 Å². The van der Waals surface area contributed by atoms with Gasteiger partial charge in [0.05, 0.1) is 5.69 Å². The number of pyridine rings is 1. The maximum Gasteiger partial charge on any atom is 0.0507 e. The monoisotopic (exact) mass is 280 g/mol. The normalized spacial score (nSPS) is 25.3. The number of rotatable bonds is 3. The lowest BCUT2D eigenvalue weighted by atomic mass is 9.71. The molecule has 5 rings (SSSR count). The van der Waals surface area contributed by atoms with Crippen LogP contribution in [0.15, 0.2) is 30.5 Å². The van der Waals surface area contributed by atoms with Crippen LogP contribution in [0.1, 0.15) is 43.9 Å². The van der Waals surface area contributed by atoms with Crippen molar-refractivity contribution < 1.29 is 0 Å². The summed E-state index contributed by atoms with van der Waals surface area (Å²) in [6.07, 6.45) is 5.07. The Morgan fingerprint density at radius 1 is 1.10 bits per heavy atom. The Kier molecular flexibility index (Phi) is 3.22. The molecule has 2 aliphatic heterocycles.